The van der Waals surface area contributed by atoms with E-state index < -0.39 is 5.60 Å². The largest absolute Gasteiger partial charge is 0.388 e. The summed E-state index contributed by atoms with van der Waals surface area (Å²) < 4.78 is 5.17. The Morgan fingerprint density at radius 2 is 2.07 bits per heavy atom. The number of hydrogen-bond donors (Lipinski definition) is 2. The molecule has 4 heteroatoms. The second kappa shape index (κ2) is 4.78. The molecule has 1 unspecified atom stereocenters. The monoisotopic (exact) mass is 216 g/mol. The zero-order valence-electron chi connectivity index (χ0n) is 10.3. The molecule has 0 bridgehead atoms. The number of likely N-dealkylation sites (N-methyl/N-ethyl adjacent to an activating group) is 1. The van der Waals surface area contributed by atoms with Crippen molar-refractivity contribution in [1.29, 1.82) is 0 Å². The molecule has 1 heterocycles. The van der Waals surface area contributed by atoms with Crippen LogP contribution in [0.15, 0.2) is 0 Å². The summed E-state index contributed by atoms with van der Waals surface area (Å²) in [6.07, 6.45) is 0. The molecule has 1 rings (SSSR count). The molecule has 4 nitrogen and oxygen atoms in total. The first kappa shape index (κ1) is 12.9. The highest BCUT2D eigenvalue weighted by Crippen LogP contribution is 2.25. The topological polar surface area (TPSA) is 44.7 Å². The quantitative estimate of drug-likeness (QED) is 0.652. The lowest BCUT2D eigenvalue weighted by molar-refractivity contribution is -0.101. The van der Waals surface area contributed by atoms with E-state index in [1.807, 2.05) is 25.9 Å². The first-order valence-electron chi connectivity index (χ1n) is 5.49. The van der Waals surface area contributed by atoms with Gasteiger partial charge >= 0.3 is 0 Å². The second-order valence-electron chi connectivity index (χ2n) is 5.64. The summed E-state index contributed by atoms with van der Waals surface area (Å²) in [6, 6.07) is 0. The molecule has 0 spiro atoms. The van der Waals surface area contributed by atoms with Gasteiger partial charge in [-0.1, -0.05) is 6.92 Å². The van der Waals surface area contributed by atoms with Crippen LogP contribution in [0.3, 0.4) is 0 Å². The van der Waals surface area contributed by atoms with Gasteiger partial charge in [0.15, 0.2) is 0 Å². The van der Waals surface area contributed by atoms with Gasteiger partial charge in [0, 0.05) is 25.0 Å². The van der Waals surface area contributed by atoms with Crippen LogP contribution >= 0.6 is 0 Å². The minimum Gasteiger partial charge on any atom is -0.388 e. The maximum Gasteiger partial charge on any atom is 0.0869 e. The molecule has 1 aliphatic heterocycles. The number of aliphatic hydroxyl groups is 1. The van der Waals surface area contributed by atoms with Gasteiger partial charge in [0.2, 0.25) is 0 Å². The number of hydrogen-bond acceptors (Lipinski definition) is 4. The van der Waals surface area contributed by atoms with E-state index in [0.717, 1.165) is 19.8 Å². The molecule has 90 valence electrons. The van der Waals surface area contributed by atoms with Crippen molar-refractivity contribution in [2.75, 3.05) is 46.9 Å². The lowest BCUT2D eigenvalue weighted by atomic mass is 9.88. The van der Waals surface area contributed by atoms with Crippen LogP contribution in [0.25, 0.3) is 0 Å². The van der Waals surface area contributed by atoms with Gasteiger partial charge in [-0.3, -0.25) is 0 Å². The van der Waals surface area contributed by atoms with E-state index >= 15 is 0 Å². The van der Waals surface area contributed by atoms with Gasteiger partial charge in [-0.25, -0.2) is 0 Å². The molecule has 15 heavy (non-hydrogen) atoms. The summed E-state index contributed by atoms with van der Waals surface area (Å²) in [6.45, 7) is 7.93. The molecule has 0 aromatic rings. The first-order chi connectivity index (χ1) is 6.83. The maximum atomic E-state index is 10.0. The normalized spacial score (nSPS) is 23.6. The summed E-state index contributed by atoms with van der Waals surface area (Å²) in [4.78, 5) is 2.00. The Balaban J connectivity index is 2.18. The van der Waals surface area contributed by atoms with Gasteiger partial charge in [0.1, 0.15) is 0 Å². The van der Waals surface area contributed by atoms with Crippen LogP contribution in [0.1, 0.15) is 13.8 Å². The maximum absolute atomic E-state index is 10.0. The summed E-state index contributed by atoms with van der Waals surface area (Å²) in [7, 11) is 3.94. The second-order valence-corrected chi connectivity index (χ2v) is 5.64. The van der Waals surface area contributed by atoms with Crippen molar-refractivity contribution in [3.63, 3.8) is 0 Å². The fraction of sp³-hybridized carbons (Fsp3) is 1.00. The zero-order chi connectivity index (χ0) is 11.5. The fourth-order valence-corrected chi connectivity index (χ4v) is 1.92. The highest BCUT2D eigenvalue weighted by atomic mass is 16.5. The molecule has 0 amide bonds. The van der Waals surface area contributed by atoms with Crippen molar-refractivity contribution < 1.29 is 9.84 Å². The highest BCUT2D eigenvalue weighted by Gasteiger charge is 2.33. The van der Waals surface area contributed by atoms with E-state index in [4.69, 9.17) is 4.74 Å². The Kier molecular flexibility index (Phi) is 4.12. The molecular weight excluding hydrogens is 192 g/mol. The van der Waals surface area contributed by atoms with Crippen LogP contribution in [-0.2, 0) is 4.74 Å². The zero-order valence-corrected chi connectivity index (χ0v) is 10.3. The molecule has 0 aliphatic carbocycles. The Hall–Kier alpha value is -0.160. The van der Waals surface area contributed by atoms with Gasteiger partial charge in [0.25, 0.3) is 0 Å². The number of ether oxygens (including phenoxy) is 1. The van der Waals surface area contributed by atoms with Crippen LogP contribution in [0.2, 0.25) is 0 Å². The van der Waals surface area contributed by atoms with E-state index in [1.54, 1.807) is 0 Å². The van der Waals surface area contributed by atoms with E-state index in [2.05, 4.69) is 12.2 Å². The molecule has 1 fully saturated rings. The van der Waals surface area contributed by atoms with Crippen LogP contribution in [0, 0.1) is 5.41 Å². The van der Waals surface area contributed by atoms with Crippen molar-refractivity contribution in [2.24, 2.45) is 5.41 Å². The lowest BCUT2D eigenvalue weighted by Crippen LogP contribution is -2.52. The summed E-state index contributed by atoms with van der Waals surface area (Å²) in [5.74, 6) is 0. The highest BCUT2D eigenvalue weighted by molar-refractivity contribution is 4.85. The van der Waals surface area contributed by atoms with Crippen molar-refractivity contribution in [3.05, 3.63) is 0 Å². The van der Waals surface area contributed by atoms with Crippen molar-refractivity contribution in [1.82, 2.24) is 10.2 Å². The van der Waals surface area contributed by atoms with Crippen LogP contribution in [0.5, 0.6) is 0 Å². The smallest absolute Gasteiger partial charge is 0.0869 e. The predicted molar refractivity (Wildman–Crippen MR) is 61.0 cm³/mol. The molecule has 1 aliphatic rings. The third-order valence-electron chi connectivity index (χ3n) is 2.62. The van der Waals surface area contributed by atoms with Gasteiger partial charge in [-0.05, 0) is 21.0 Å². The van der Waals surface area contributed by atoms with Crippen molar-refractivity contribution in [3.8, 4) is 0 Å². The van der Waals surface area contributed by atoms with Crippen molar-refractivity contribution >= 4 is 0 Å². The first-order valence-corrected chi connectivity index (χ1v) is 5.49. The van der Waals surface area contributed by atoms with E-state index in [9.17, 15) is 5.11 Å². The van der Waals surface area contributed by atoms with Gasteiger partial charge in [-0.15, -0.1) is 0 Å². The van der Waals surface area contributed by atoms with Gasteiger partial charge < -0.3 is 20.1 Å². The van der Waals surface area contributed by atoms with E-state index in [-0.39, 0.29) is 5.41 Å². The molecule has 1 atom stereocenters. The van der Waals surface area contributed by atoms with E-state index in [1.165, 1.54) is 0 Å². The van der Waals surface area contributed by atoms with Crippen LogP contribution < -0.4 is 5.32 Å². The summed E-state index contributed by atoms with van der Waals surface area (Å²) >= 11 is 0. The Morgan fingerprint density at radius 1 is 1.47 bits per heavy atom. The fourth-order valence-electron chi connectivity index (χ4n) is 1.92. The third-order valence-corrected chi connectivity index (χ3v) is 2.62. The Morgan fingerprint density at radius 3 is 2.47 bits per heavy atom. The minimum absolute atomic E-state index is 0.272. The van der Waals surface area contributed by atoms with Gasteiger partial charge in [-0.2, -0.15) is 0 Å². The Bertz CT molecular complexity index is 201. The number of nitrogens with one attached hydrogen (secondary N) is 1. The molecule has 0 saturated carbocycles. The minimum atomic E-state index is -0.662. The molecule has 2 N–H and O–H groups in total. The summed E-state index contributed by atoms with van der Waals surface area (Å²) in [5.41, 5.74) is -0.390. The predicted octanol–water partition coefficient (Wildman–Crippen LogP) is -0.0749. The molecular formula is C11H24N2O2. The molecule has 0 aromatic heterocycles. The molecule has 0 radical (unpaired) electrons. The van der Waals surface area contributed by atoms with Crippen LogP contribution in [-0.4, -0.2) is 62.6 Å². The molecule has 0 aromatic carbocycles. The average Bonchev–Trinajstić information content (AvgIpc) is 1.98. The number of rotatable bonds is 6. The van der Waals surface area contributed by atoms with Gasteiger partial charge in [0.05, 0.1) is 18.8 Å². The summed E-state index contributed by atoms with van der Waals surface area (Å²) in [5, 5.41) is 13.4. The average molecular weight is 216 g/mol. The Labute approximate surface area is 92.6 Å². The van der Waals surface area contributed by atoms with E-state index in [0.29, 0.717) is 13.1 Å². The number of nitrogens with zero attached hydrogens (tertiary/aromatic N) is 1. The standard InChI is InChI=1S/C11H24N2O2/c1-10(8-15-9-10)5-12-6-11(2,14)7-13(3)4/h12,14H,5-9H2,1-4H3. The van der Waals surface area contributed by atoms with Crippen molar-refractivity contribution in [2.45, 2.75) is 19.4 Å². The van der Waals surface area contributed by atoms with Crippen LogP contribution in [0.4, 0.5) is 0 Å². The SMILES string of the molecule is CN(C)CC(C)(O)CNCC1(C)COC1. The molecule has 1 saturated heterocycles. The lowest BCUT2D eigenvalue weighted by Gasteiger charge is -2.39. The third kappa shape index (κ3) is 4.47.